The molecule has 1 fully saturated rings. The number of amidine groups is 1. The first kappa shape index (κ1) is 46.2. The maximum atomic E-state index is 15.5. The van der Waals surface area contributed by atoms with Crippen LogP contribution in [0.5, 0.6) is 0 Å². The number of sulfonamides is 1. The number of amides is 1. The first-order chi connectivity index (χ1) is 29.8. The highest BCUT2D eigenvalue weighted by atomic mass is 35.5. The molecule has 0 aliphatic heterocycles. The summed E-state index contributed by atoms with van der Waals surface area (Å²) < 4.78 is 183. The van der Waals surface area contributed by atoms with Crippen molar-refractivity contribution in [1.82, 2.24) is 24.6 Å². The molecule has 1 amide bonds. The number of fused-ring (bicyclic) bond motifs is 4. The van der Waals surface area contributed by atoms with Crippen molar-refractivity contribution in [3.05, 3.63) is 115 Å². The van der Waals surface area contributed by atoms with Crippen LogP contribution in [-0.2, 0) is 40.1 Å². The van der Waals surface area contributed by atoms with Crippen molar-refractivity contribution < 1.29 is 65.9 Å². The predicted molar refractivity (Wildman–Crippen MR) is 208 cm³/mol. The summed E-state index contributed by atoms with van der Waals surface area (Å²) in [6, 6.07) is 5.81. The lowest BCUT2D eigenvalue weighted by molar-refractivity contribution is -0.266. The number of benzene rings is 3. The Balaban J connectivity index is 1.47. The summed E-state index contributed by atoms with van der Waals surface area (Å²) in [5, 5.41) is 7.73. The molecule has 0 radical (unpaired) electrons. The largest absolute Gasteiger partial charge is 0.389 e. The Bertz CT molecular complexity index is 2870. The first-order valence-electron chi connectivity index (χ1n) is 18.9. The fourth-order valence-electron chi connectivity index (χ4n) is 7.91. The third-order valence-electron chi connectivity index (χ3n) is 10.5. The number of nitrogens with zero attached hydrogens (tertiary/aromatic N) is 4. The van der Waals surface area contributed by atoms with E-state index in [0.717, 1.165) is 36.4 Å². The molecule has 2 unspecified atom stereocenters. The second-order valence-electron chi connectivity index (χ2n) is 15.2. The zero-order valence-electron chi connectivity index (χ0n) is 32.7. The summed E-state index contributed by atoms with van der Waals surface area (Å²) in [5.41, 5.74) is 0.658. The van der Waals surface area contributed by atoms with Gasteiger partial charge < -0.3 is 10.6 Å². The number of nitrogen functional groups attached to an aromatic ring is 1. The van der Waals surface area contributed by atoms with Crippen LogP contribution in [-0.4, -0.2) is 64.9 Å². The number of halogens is 12. The summed E-state index contributed by atoms with van der Waals surface area (Å²) in [7, 11) is -4.19. The number of rotatable bonds is 15. The summed E-state index contributed by atoms with van der Waals surface area (Å²) in [4.78, 5) is 33.3. The van der Waals surface area contributed by atoms with E-state index < -0.39 is 154 Å². The van der Waals surface area contributed by atoms with Gasteiger partial charge in [-0.2, -0.15) is 39.9 Å². The van der Waals surface area contributed by atoms with Crippen molar-refractivity contribution in [2.75, 3.05) is 18.1 Å². The monoisotopic (exact) mass is 953 g/mol. The molecule has 2 heterocycles. The van der Waals surface area contributed by atoms with Crippen LogP contribution >= 0.6 is 11.6 Å². The normalized spacial score (nSPS) is 17.5. The summed E-state index contributed by atoms with van der Waals surface area (Å²) in [6.07, 6.45) is -13.1. The number of carbonyl (C=O) groups is 1. The SMILES string of the molecule is CS(=O)(=O)/[NH+]=C(\N)c1c(Cl)ccc(-n2c([C@H](Cc3cc(F)cc(F)c3)NC(=O)Cn3nc(C(F)F)c4c3C(F)(F)C3CC43)nc3cc(CCC(F)(F)F)ccc3c2=O)c1NCC(F)F. The number of anilines is 1. The molecule has 0 bridgehead atoms. The maximum absolute atomic E-state index is 15.5. The number of aryl methyl sites for hydroxylation is 1. The molecule has 2 aliphatic carbocycles. The molecular formula is C39H33ClF11N8O4S+. The molecule has 2 aliphatic rings. The lowest BCUT2D eigenvalue weighted by Gasteiger charge is -2.25. The van der Waals surface area contributed by atoms with E-state index >= 15 is 8.78 Å². The molecule has 3 atom stereocenters. The van der Waals surface area contributed by atoms with Crippen LogP contribution in [0.4, 0.5) is 54.0 Å². The number of aromatic nitrogens is 4. The van der Waals surface area contributed by atoms with Gasteiger partial charge >= 0.3 is 6.18 Å². The third-order valence-corrected chi connectivity index (χ3v) is 11.4. The quantitative estimate of drug-likeness (QED) is 0.0592. The lowest BCUT2D eigenvalue weighted by atomic mass is 10.0. The molecule has 12 nitrogen and oxygen atoms in total. The number of nitrogens with one attached hydrogen (secondary N) is 3. The van der Waals surface area contributed by atoms with Crippen molar-refractivity contribution in [3.63, 3.8) is 0 Å². The Labute approximate surface area is 359 Å². The number of alkyl halides is 9. The van der Waals surface area contributed by atoms with Gasteiger partial charge in [0.25, 0.3) is 40.2 Å². The van der Waals surface area contributed by atoms with Crippen LogP contribution < -0.4 is 26.3 Å². The van der Waals surface area contributed by atoms with E-state index in [1.165, 1.54) is 6.07 Å². The molecule has 25 heteroatoms. The van der Waals surface area contributed by atoms with E-state index in [2.05, 4.69) is 20.7 Å². The highest BCUT2D eigenvalue weighted by Crippen LogP contribution is 2.68. The number of hydrogen-bond donors (Lipinski definition) is 4. The van der Waals surface area contributed by atoms with Crippen LogP contribution in [0.3, 0.4) is 0 Å². The smallest absolute Gasteiger partial charge is 0.377 e. The maximum Gasteiger partial charge on any atom is 0.389 e. The van der Waals surface area contributed by atoms with Gasteiger partial charge in [0.1, 0.15) is 41.0 Å². The van der Waals surface area contributed by atoms with Crippen molar-refractivity contribution in [3.8, 4) is 5.69 Å². The highest BCUT2D eigenvalue weighted by molar-refractivity contribution is 7.84. The van der Waals surface area contributed by atoms with Gasteiger partial charge in [-0.1, -0.05) is 17.7 Å². The Hall–Kier alpha value is -5.78. The van der Waals surface area contributed by atoms with Gasteiger partial charge in [0.05, 0.1) is 46.1 Å². The fourth-order valence-corrected chi connectivity index (χ4v) is 8.67. The van der Waals surface area contributed by atoms with Gasteiger partial charge in [-0.3, -0.25) is 24.6 Å². The first-order valence-corrected chi connectivity index (χ1v) is 21.2. The Morgan fingerprint density at radius 2 is 1.73 bits per heavy atom. The Morgan fingerprint density at radius 3 is 2.36 bits per heavy atom. The van der Waals surface area contributed by atoms with E-state index in [1.54, 1.807) is 0 Å². The molecule has 1 saturated carbocycles. The molecule has 5 aromatic rings. The average Bonchev–Trinajstić information content (AvgIpc) is 3.83. The van der Waals surface area contributed by atoms with Crippen LogP contribution in [0.15, 0.2) is 53.3 Å². The minimum absolute atomic E-state index is 0.0110. The molecule has 5 N–H and O–H groups in total. The van der Waals surface area contributed by atoms with E-state index in [9.17, 15) is 57.5 Å². The van der Waals surface area contributed by atoms with Crippen LogP contribution in [0.2, 0.25) is 5.02 Å². The molecule has 64 heavy (non-hydrogen) atoms. The minimum atomic E-state index is -4.61. The van der Waals surface area contributed by atoms with Crippen LogP contribution in [0.25, 0.3) is 16.6 Å². The minimum Gasteiger partial charge on any atom is -0.377 e. The molecule has 0 saturated heterocycles. The van der Waals surface area contributed by atoms with Gasteiger partial charge in [0.15, 0.2) is 0 Å². The molecule has 3 aromatic carbocycles. The Kier molecular flexibility index (Phi) is 12.3. The molecular weight excluding hydrogens is 921 g/mol. The highest BCUT2D eigenvalue weighted by Gasteiger charge is 2.67. The van der Waals surface area contributed by atoms with E-state index in [-0.39, 0.29) is 33.5 Å². The third kappa shape index (κ3) is 9.52. The van der Waals surface area contributed by atoms with E-state index in [4.69, 9.17) is 17.3 Å². The van der Waals surface area contributed by atoms with Gasteiger partial charge in [-0.05, 0) is 66.3 Å². The molecule has 2 aromatic heterocycles. The molecule has 342 valence electrons. The van der Waals surface area contributed by atoms with Crippen molar-refractivity contribution in [2.24, 2.45) is 11.7 Å². The number of nitrogens with two attached hydrogens (primary N) is 1. The van der Waals surface area contributed by atoms with Crippen molar-refractivity contribution in [1.29, 1.82) is 0 Å². The van der Waals surface area contributed by atoms with Gasteiger partial charge in [0, 0.05) is 30.4 Å². The van der Waals surface area contributed by atoms with Crippen molar-refractivity contribution in [2.45, 2.75) is 69.1 Å². The topological polar surface area (TPSA) is 168 Å². The molecule has 0 spiro atoms. The van der Waals surface area contributed by atoms with Gasteiger partial charge in [-0.25, -0.2) is 31.3 Å². The van der Waals surface area contributed by atoms with Crippen molar-refractivity contribution >= 4 is 50.0 Å². The van der Waals surface area contributed by atoms with Crippen LogP contribution in [0, 0.1) is 17.6 Å². The second kappa shape index (κ2) is 17.0. The number of hydrogen-bond acceptors (Lipinski definition) is 7. The number of carbonyl (C=O) groups excluding carboxylic acids is 1. The van der Waals surface area contributed by atoms with Crippen LogP contribution in [0.1, 0.15) is 70.7 Å². The fraction of sp³-hybridized carbons (Fsp3) is 0.359. The van der Waals surface area contributed by atoms with Gasteiger partial charge in [0.2, 0.25) is 5.91 Å². The van der Waals surface area contributed by atoms with E-state index in [1.807, 2.05) is 4.40 Å². The zero-order chi connectivity index (χ0) is 46.8. The summed E-state index contributed by atoms with van der Waals surface area (Å²) >= 11 is 6.44. The van der Waals surface area contributed by atoms with E-state index in [0.29, 0.717) is 21.6 Å². The summed E-state index contributed by atoms with van der Waals surface area (Å²) in [5.74, 6) is -10.8. The standard InChI is InChI=1S/C39H32ClF11N8O4S/c1-64(62,63)57-35(52)30-23(40)4-5-26(31(30)53-14-27(43)44)59-36(55-24-10-16(6-7-38(47,48)49)2-3-20(24)37(59)61)25(11-17-8-18(41)12-19(42)9-17)54-28(60)15-58-33-29(32(56-58)34(45)46)21-13-22(21)39(33,50)51/h2-5,8-10,12,21-22,25,27,34,53H,6-7,11,13-15H2,1H3,(H2,52,57)(H,54,60)/p+1/t21?,22?,25-/m0/s1. The zero-order valence-corrected chi connectivity index (χ0v) is 34.3. The van der Waals surface area contributed by atoms with Gasteiger partial charge in [-0.15, -0.1) is 0 Å². The summed E-state index contributed by atoms with van der Waals surface area (Å²) in [6.45, 7) is -2.35. The lowest BCUT2D eigenvalue weighted by Crippen LogP contribution is -2.78. The predicted octanol–water partition coefficient (Wildman–Crippen LogP) is 5.68. The second-order valence-corrected chi connectivity index (χ2v) is 17.4. The average molecular weight is 954 g/mol. The Morgan fingerprint density at radius 1 is 1.05 bits per heavy atom. The molecule has 7 rings (SSSR count).